The van der Waals surface area contributed by atoms with Crippen LogP contribution in [0.4, 0.5) is 4.79 Å². The molecule has 0 N–H and O–H groups in total. The normalized spacial score (nSPS) is 14.4. The Morgan fingerprint density at radius 3 is 2.41 bits per heavy atom. The fourth-order valence-electron chi connectivity index (χ4n) is 4.01. The highest BCUT2D eigenvalue weighted by Crippen LogP contribution is 2.35. The third-order valence-electron chi connectivity index (χ3n) is 6.00. The van der Waals surface area contributed by atoms with Crippen LogP contribution in [-0.2, 0) is 11.3 Å². The molecule has 0 aliphatic carbocycles. The summed E-state index contributed by atoms with van der Waals surface area (Å²) in [5.74, 6) is -0.253. The summed E-state index contributed by atoms with van der Waals surface area (Å²) in [7, 11) is 1.47. The van der Waals surface area contributed by atoms with E-state index >= 15 is 0 Å². The van der Waals surface area contributed by atoms with Crippen LogP contribution in [0.15, 0.2) is 89.8 Å². The summed E-state index contributed by atoms with van der Waals surface area (Å²) in [6.45, 7) is 2.14. The molecule has 6 nitrogen and oxygen atoms in total. The third-order valence-corrected chi connectivity index (χ3v) is 6.91. The van der Waals surface area contributed by atoms with Crippen LogP contribution in [0.3, 0.4) is 0 Å². The van der Waals surface area contributed by atoms with Gasteiger partial charge >= 0.3 is 5.97 Å². The number of thioether (sulfide) groups is 1. The molecule has 1 fully saturated rings. The summed E-state index contributed by atoms with van der Waals surface area (Å²) >= 11 is 0.899. The monoisotopic (exact) mass is 509 g/mol. The second-order valence-electron chi connectivity index (χ2n) is 8.62. The molecule has 1 saturated heterocycles. The van der Waals surface area contributed by atoms with Crippen molar-refractivity contribution < 1.29 is 23.9 Å². The topological polar surface area (TPSA) is 72.9 Å². The van der Waals surface area contributed by atoms with Crippen LogP contribution in [-0.4, -0.2) is 29.1 Å². The average Bonchev–Trinajstić information content (AvgIpc) is 3.17. The summed E-state index contributed by atoms with van der Waals surface area (Å²) in [6.07, 6.45) is 1.64. The molecule has 37 heavy (non-hydrogen) atoms. The van der Waals surface area contributed by atoms with Gasteiger partial charge in [-0.25, -0.2) is 4.79 Å². The first-order valence-electron chi connectivity index (χ1n) is 11.6. The Hall–Kier alpha value is -4.36. The van der Waals surface area contributed by atoms with Gasteiger partial charge in [-0.1, -0.05) is 60.2 Å². The number of carbonyl (C=O) groups excluding carboxylic acids is 3. The minimum atomic E-state index is -0.499. The van der Waals surface area contributed by atoms with Crippen molar-refractivity contribution in [3.8, 4) is 11.5 Å². The number of imide groups is 1. The van der Waals surface area contributed by atoms with Gasteiger partial charge in [0.2, 0.25) is 0 Å². The van der Waals surface area contributed by atoms with Gasteiger partial charge in [-0.05, 0) is 77.0 Å². The molecule has 5 rings (SSSR count). The number of benzene rings is 4. The van der Waals surface area contributed by atoms with Gasteiger partial charge in [0.05, 0.1) is 24.1 Å². The predicted molar refractivity (Wildman–Crippen MR) is 145 cm³/mol. The summed E-state index contributed by atoms with van der Waals surface area (Å²) < 4.78 is 10.9. The van der Waals surface area contributed by atoms with Crippen LogP contribution in [0.5, 0.6) is 11.5 Å². The van der Waals surface area contributed by atoms with Crippen LogP contribution in [0.1, 0.15) is 27.0 Å². The lowest BCUT2D eigenvalue weighted by molar-refractivity contribution is -0.123. The zero-order valence-corrected chi connectivity index (χ0v) is 21.1. The molecule has 1 heterocycles. The minimum absolute atomic E-state index is 0.198. The van der Waals surface area contributed by atoms with Crippen molar-refractivity contribution in [3.63, 3.8) is 0 Å². The molecule has 0 bridgehead atoms. The standard InChI is InChI=1S/C30H23NO5S/c1-19-7-11-23(12-8-19)29(33)36-25-14-10-20(16-26(25)35-2)17-27-28(32)31(30(34)37-27)18-21-9-13-22-5-3-4-6-24(22)15-21/h3-17H,18H2,1-2H3/b27-17-. The fourth-order valence-corrected chi connectivity index (χ4v) is 4.85. The molecule has 1 aliphatic rings. The second-order valence-corrected chi connectivity index (χ2v) is 9.61. The number of hydrogen-bond acceptors (Lipinski definition) is 6. The van der Waals surface area contributed by atoms with Crippen molar-refractivity contribution >= 4 is 45.7 Å². The Bertz CT molecular complexity index is 1560. The number of ether oxygens (including phenoxy) is 2. The van der Waals surface area contributed by atoms with Crippen molar-refractivity contribution in [1.29, 1.82) is 0 Å². The number of hydrogen-bond donors (Lipinski definition) is 0. The maximum Gasteiger partial charge on any atom is 0.343 e. The van der Waals surface area contributed by atoms with E-state index in [4.69, 9.17) is 9.47 Å². The number of amides is 2. The lowest BCUT2D eigenvalue weighted by Gasteiger charge is -2.13. The minimum Gasteiger partial charge on any atom is -0.493 e. The molecule has 2 amide bonds. The lowest BCUT2D eigenvalue weighted by atomic mass is 10.1. The van der Waals surface area contributed by atoms with Gasteiger partial charge in [-0.15, -0.1) is 0 Å². The number of carbonyl (C=O) groups is 3. The SMILES string of the molecule is COc1cc(/C=C2\SC(=O)N(Cc3ccc4ccccc4c3)C2=O)ccc1OC(=O)c1ccc(C)cc1. The Kier molecular flexibility index (Phi) is 6.79. The van der Waals surface area contributed by atoms with Crippen LogP contribution < -0.4 is 9.47 Å². The molecule has 7 heteroatoms. The summed E-state index contributed by atoms with van der Waals surface area (Å²) in [5.41, 5.74) is 2.99. The van der Waals surface area contributed by atoms with E-state index in [0.29, 0.717) is 21.8 Å². The Balaban J connectivity index is 1.32. The van der Waals surface area contributed by atoms with E-state index < -0.39 is 5.97 Å². The second kappa shape index (κ2) is 10.3. The van der Waals surface area contributed by atoms with Crippen LogP contribution in [0, 0.1) is 6.92 Å². The van der Waals surface area contributed by atoms with E-state index in [1.165, 1.54) is 12.0 Å². The molecule has 0 spiro atoms. The van der Waals surface area contributed by atoms with Gasteiger partial charge in [-0.3, -0.25) is 14.5 Å². The molecule has 0 aromatic heterocycles. The highest BCUT2D eigenvalue weighted by Gasteiger charge is 2.35. The van der Waals surface area contributed by atoms with Gasteiger partial charge in [0.1, 0.15) is 0 Å². The Morgan fingerprint density at radius 1 is 0.892 bits per heavy atom. The van der Waals surface area contributed by atoms with E-state index in [9.17, 15) is 14.4 Å². The first-order valence-corrected chi connectivity index (χ1v) is 12.4. The zero-order chi connectivity index (χ0) is 25.9. The van der Waals surface area contributed by atoms with Gasteiger partial charge in [0, 0.05) is 0 Å². The molecular formula is C30H23NO5S. The number of esters is 1. The van der Waals surface area contributed by atoms with Crippen LogP contribution >= 0.6 is 11.8 Å². The molecule has 0 radical (unpaired) electrons. The van der Waals surface area contributed by atoms with Crippen molar-refractivity contribution in [2.75, 3.05) is 7.11 Å². The van der Waals surface area contributed by atoms with E-state index in [2.05, 4.69) is 0 Å². The molecule has 0 atom stereocenters. The summed E-state index contributed by atoms with van der Waals surface area (Å²) in [6, 6.07) is 25.9. The van der Waals surface area contributed by atoms with E-state index in [-0.39, 0.29) is 23.4 Å². The summed E-state index contributed by atoms with van der Waals surface area (Å²) in [5, 5.41) is 1.83. The van der Waals surface area contributed by atoms with Crippen molar-refractivity contribution in [2.24, 2.45) is 0 Å². The first kappa shape index (κ1) is 24.3. The maximum absolute atomic E-state index is 13.1. The molecule has 1 aliphatic heterocycles. The third kappa shape index (κ3) is 5.27. The first-order chi connectivity index (χ1) is 17.9. The van der Waals surface area contributed by atoms with Gasteiger partial charge < -0.3 is 9.47 Å². The van der Waals surface area contributed by atoms with E-state index in [1.54, 1.807) is 36.4 Å². The number of rotatable bonds is 6. The Labute approximate surface area is 218 Å². The van der Waals surface area contributed by atoms with Crippen molar-refractivity contribution in [3.05, 3.63) is 112 Å². The molecular weight excluding hydrogens is 486 g/mol. The van der Waals surface area contributed by atoms with Gasteiger partial charge in [-0.2, -0.15) is 0 Å². The fraction of sp³-hybridized carbons (Fsp3) is 0.100. The van der Waals surface area contributed by atoms with Gasteiger partial charge in [0.15, 0.2) is 11.5 Å². The lowest BCUT2D eigenvalue weighted by Crippen LogP contribution is -2.27. The number of aryl methyl sites for hydroxylation is 1. The quantitative estimate of drug-likeness (QED) is 0.165. The molecule has 4 aromatic carbocycles. The predicted octanol–water partition coefficient (Wildman–Crippen LogP) is 6.61. The maximum atomic E-state index is 13.1. The summed E-state index contributed by atoms with van der Waals surface area (Å²) in [4.78, 5) is 39.8. The molecule has 4 aromatic rings. The van der Waals surface area contributed by atoms with Crippen LogP contribution in [0.25, 0.3) is 16.8 Å². The van der Waals surface area contributed by atoms with Crippen LogP contribution in [0.2, 0.25) is 0 Å². The number of nitrogens with zero attached hydrogens (tertiary/aromatic N) is 1. The zero-order valence-electron chi connectivity index (χ0n) is 20.3. The Morgan fingerprint density at radius 2 is 1.65 bits per heavy atom. The average molecular weight is 510 g/mol. The van der Waals surface area contributed by atoms with Crippen molar-refractivity contribution in [2.45, 2.75) is 13.5 Å². The smallest absolute Gasteiger partial charge is 0.343 e. The largest absolute Gasteiger partial charge is 0.493 e. The number of fused-ring (bicyclic) bond motifs is 1. The van der Waals surface area contributed by atoms with Crippen molar-refractivity contribution in [1.82, 2.24) is 4.90 Å². The highest BCUT2D eigenvalue weighted by atomic mass is 32.2. The molecule has 0 saturated carbocycles. The van der Waals surface area contributed by atoms with E-state index in [1.807, 2.05) is 61.5 Å². The molecule has 0 unspecified atom stereocenters. The van der Waals surface area contributed by atoms with E-state index in [0.717, 1.165) is 33.7 Å². The highest BCUT2D eigenvalue weighted by molar-refractivity contribution is 8.18. The molecule has 184 valence electrons. The number of methoxy groups -OCH3 is 1. The van der Waals surface area contributed by atoms with Gasteiger partial charge in [0.25, 0.3) is 11.1 Å².